The zero-order valence-corrected chi connectivity index (χ0v) is 15.5. The maximum Gasteiger partial charge on any atom is 0.257 e. The summed E-state index contributed by atoms with van der Waals surface area (Å²) in [6, 6.07) is 0.0493. The summed E-state index contributed by atoms with van der Waals surface area (Å²) in [5.41, 5.74) is 0.172. The molecule has 7 heteroatoms. The third-order valence-electron chi connectivity index (χ3n) is 5.68. The topological polar surface area (TPSA) is 78.8 Å². The number of carbonyl (C=O) groups is 1. The van der Waals surface area contributed by atoms with E-state index in [1.54, 1.807) is 6.20 Å². The van der Waals surface area contributed by atoms with Crippen LogP contribution in [0.1, 0.15) is 42.2 Å². The molecule has 0 aliphatic carbocycles. The number of hydrogen-bond acceptors (Lipinski definition) is 6. The summed E-state index contributed by atoms with van der Waals surface area (Å²) in [5, 5.41) is 10.6. The molecular weight excluding hydrogens is 320 g/mol. The van der Waals surface area contributed by atoms with E-state index < -0.39 is 5.60 Å². The minimum absolute atomic E-state index is 0.0140. The molecule has 2 atom stereocenters. The average Bonchev–Trinajstić information content (AvgIpc) is 2.58. The van der Waals surface area contributed by atoms with E-state index in [2.05, 4.69) is 14.9 Å². The monoisotopic (exact) mass is 348 g/mol. The van der Waals surface area contributed by atoms with Gasteiger partial charge in [0, 0.05) is 25.3 Å². The molecule has 1 aromatic heterocycles. The molecule has 1 N–H and O–H groups in total. The van der Waals surface area contributed by atoms with Crippen molar-refractivity contribution >= 4 is 5.91 Å². The number of nitrogens with zero attached hydrogens (tertiary/aromatic N) is 4. The first-order chi connectivity index (χ1) is 11.7. The second kappa shape index (κ2) is 6.63. The molecule has 0 unspecified atom stereocenters. The Labute approximate surface area is 149 Å². The zero-order chi connectivity index (χ0) is 18.2. The Kier molecular flexibility index (Phi) is 4.83. The summed E-state index contributed by atoms with van der Waals surface area (Å²) in [7, 11) is 3.99. The third kappa shape index (κ3) is 3.54. The average molecular weight is 348 g/mol. The van der Waals surface area contributed by atoms with Crippen LogP contribution in [0.15, 0.2) is 12.5 Å². The van der Waals surface area contributed by atoms with Gasteiger partial charge in [-0.15, -0.1) is 0 Å². The van der Waals surface area contributed by atoms with Gasteiger partial charge in [0.25, 0.3) is 5.91 Å². The van der Waals surface area contributed by atoms with Crippen LogP contribution in [0.4, 0.5) is 0 Å². The van der Waals surface area contributed by atoms with Gasteiger partial charge in [-0.25, -0.2) is 9.97 Å². The highest BCUT2D eigenvalue weighted by molar-refractivity contribution is 5.94. The number of carbonyl (C=O) groups excluding carboxylic acids is 1. The fraction of sp³-hybridized carbons (Fsp3) is 0.722. The van der Waals surface area contributed by atoms with Crippen molar-refractivity contribution in [1.82, 2.24) is 19.8 Å². The van der Waals surface area contributed by atoms with Crippen molar-refractivity contribution in [2.75, 3.05) is 33.8 Å². The summed E-state index contributed by atoms with van der Waals surface area (Å²) < 4.78 is 6.12. The van der Waals surface area contributed by atoms with Crippen LogP contribution in [-0.2, 0) is 4.74 Å². The maximum atomic E-state index is 12.7. The van der Waals surface area contributed by atoms with Crippen molar-refractivity contribution in [2.24, 2.45) is 0 Å². The van der Waals surface area contributed by atoms with Crippen LogP contribution >= 0.6 is 0 Å². The summed E-state index contributed by atoms with van der Waals surface area (Å²) in [6.07, 6.45) is 5.40. The quantitative estimate of drug-likeness (QED) is 0.854. The van der Waals surface area contributed by atoms with Crippen LogP contribution in [0.5, 0.6) is 0 Å². The van der Waals surface area contributed by atoms with Gasteiger partial charge in [0.2, 0.25) is 0 Å². The van der Waals surface area contributed by atoms with Crippen LogP contribution in [-0.4, -0.2) is 81.8 Å². The minimum Gasteiger partial charge on any atom is -0.386 e. The lowest BCUT2D eigenvalue weighted by atomic mass is 9.77. The second-order valence-electron chi connectivity index (χ2n) is 7.83. The first-order valence-corrected chi connectivity index (χ1v) is 8.83. The fourth-order valence-electron chi connectivity index (χ4n) is 4.00. The molecular formula is C18H28N4O3. The molecule has 138 valence electrons. The van der Waals surface area contributed by atoms with Crippen molar-refractivity contribution in [2.45, 2.75) is 50.4 Å². The summed E-state index contributed by atoms with van der Waals surface area (Å²) in [5.74, 6) is -0.0140. The van der Waals surface area contributed by atoms with E-state index in [-0.39, 0.29) is 17.6 Å². The predicted molar refractivity (Wildman–Crippen MR) is 93.3 cm³/mol. The lowest BCUT2D eigenvalue weighted by molar-refractivity contribution is -0.205. The molecule has 3 heterocycles. The van der Waals surface area contributed by atoms with E-state index in [4.69, 9.17) is 4.74 Å². The lowest BCUT2D eigenvalue weighted by Gasteiger charge is -2.52. The molecule has 0 bridgehead atoms. The van der Waals surface area contributed by atoms with Crippen LogP contribution in [0.3, 0.4) is 0 Å². The number of aromatic nitrogens is 2. The lowest BCUT2D eigenvalue weighted by Crippen LogP contribution is -2.63. The number of amides is 1. The largest absolute Gasteiger partial charge is 0.386 e. The molecule has 25 heavy (non-hydrogen) atoms. The number of ether oxygens (including phenoxy) is 1. The molecule has 1 amide bonds. The number of aryl methyl sites for hydroxylation is 1. The van der Waals surface area contributed by atoms with Gasteiger partial charge in [-0.1, -0.05) is 0 Å². The molecule has 0 aromatic carbocycles. The van der Waals surface area contributed by atoms with E-state index in [0.29, 0.717) is 31.0 Å². The zero-order valence-electron chi connectivity index (χ0n) is 15.5. The molecule has 0 radical (unpaired) electrons. The van der Waals surface area contributed by atoms with Gasteiger partial charge < -0.3 is 19.6 Å². The number of rotatable bonds is 2. The Hall–Kier alpha value is -1.57. The standard InChI is InChI=1S/C18H28N4O3/c1-13-14(10-19-12-20-13)16(23)22-7-5-18(6-8-22)9-15(21(3)4)17(2,24)11-25-18/h10,12,15,24H,5-9,11H2,1-4H3/t15-,17-/m0/s1. The molecule has 1 aromatic rings. The van der Waals surface area contributed by atoms with Gasteiger partial charge in [-0.2, -0.15) is 0 Å². The number of likely N-dealkylation sites (N-methyl/N-ethyl adjacent to an activating group) is 1. The smallest absolute Gasteiger partial charge is 0.257 e. The van der Waals surface area contributed by atoms with E-state index in [9.17, 15) is 9.90 Å². The van der Waals surface area contributed by atoms with Gasteiger partial charge >= 0.3 is 0 Å². The van der Waals surface area contributed by atoms with E-state index in [1.807, 2.05) is 32.8 Å². The van der Waals surface area contributed by atoms with E-state index in [1.165, 1.54) is 6.33 Å². The van der Waals surface area contributed by atoms with Crippen molar-refractivity contribution in [3.63, 3.8) is 0 Å². The summed E-state index contributed by atoms with van der Waals surface area (Å²) in [4.78, 5) is 24.7. The second-order valence-corrected chi connectivity index (χ2v) is 7.83. The maximum absolute atomic E-state index is 12.7. The van der Waals surface area contributed by atoms with Crippen molar-refractivity contribution in [3.05, 3.63) is 23.8 Å². The highest BCUT2D eigenvalue weighted by atomic mass is 16.5. The van der Waals surface area contributed by atoms with Gasteiger partial charge in [0.15, 0.2) is 0 Å². The van der Waals surface area contributed by atoms with Crippen LogP contribution < -0.4 is 0 Å². The Bertz CT molecular complexity index is 639. The molecule has 2 aliphatic rings. The van der Waals surface area contributed by atoms with Gasteiger partial charge in [-0.05, 0) is 47.2 Å². The highest BCUT2D eigenvalue weighted by Gasteiger charge is 2.49. The Morgan fingerprint density at radius 2 is 2.08 bits per heavy atom. The van der Waals surface area contributed by atoms with E-state index in [0.717, 1.165) is 19.3 Å². The summed E-state index contributed by atoms with van der Waals surface area (Å²) in [6.45, 7) is 5.29. The Morgan fingerprint density at radius 3 is 2.68 bits per heavy atom. The SMILES string of the molecule is Cc1ncncc1C(=O)N1CCC2(CC1)C[C@H](N(C)C)[C@@](C)(O)CO2. The Morgan fingerprint density at radius 1 is 1.40 bits per heavy atom. The fourth-order valence-corrected chi connectivity index (χ4v) is 4.00. The third-order valence-corrected chi connectivity index (χ3v) is 5.68. The van der Waals surface area contributed by atoms with Gasteiger partial charge in [0.05, 0.1) is 23.5 Å². The first kappa shape index (κ1) is 18.2. The van der Waals surface area contributed by atoms with Gasteiger partial charge in [-0.3, -0.25) is 4.79 Å². The number of likely N-dealkylation sites (tertiary alicyclic amines) is 1. The molecule has 2 aliphatic heterocycles. The minimum atomic E-state index is -0.847. The molecule has 1 spiro atoms. The first-order valence-electron chi connectivity index (χ1n) is 8.83. The molecule has 0 saturated carbocycles. The van der Waals surface area contributed by atoms with Crippen LogP contribution in [0, 0.1) is 6.92 Å². The predicted octanol–water partition coefficient (Wildman–Crippen LogP) is 0.861. The molecule has 2 saturated heterocycles. The highest BCUT2D eigenvalue weighted by Crippen LogP contribution is 2.39. The number of aliphatic hydroxyl groups is 1. The number of piperidine rings is 1. The van der Waals surface area contributed by atoms with Crippen molar-refractivity contribution < 1.29 is 14.6 Å². The van der Waals surface area contributed by atoms with Crippen molar-refractivity contribution in [1.29, 1.82) is 0 Å². The summed E-state index contributed by atoms with van der Waals surface area (Å²) >= 11 is 0. The van der Waals surface area contributed by atoms with Gasteiger partial charge in [0.1, 0.15) is 11.9 Å². The van der Waals surface area contributed by atoms with Crippen LogP contribution in [0.2, 0.25) is 0 Å². The van der Waals surface area contributed by atoms with E-state index >= 15 is 0 Å². The van der Waals surface area contributed by atoms with Crippen LogP contribution in [0.25, 0.3) is 0 Å². The Balaban J connectivity index is 1.67. The normalized spacial score (nSPS) is 29.2. The van der Waals surface area contributed by atoms with Crippen molar-refractivity contribution in [3.8, 4) is 0 Å². The molecule has 2 fully saturated rings. The molecule has 7 nitrogen and oxygen atoms in total. The number of hydrogen-bond donors (Lipinski definition) is 1. The molecule has 3 rings (SSSR count).